The molecule has 192 valence electrons. The minimum atomic E-state index is -3.94. The van der Waals surface area contributed by atoms with Crippen molar-refractivity contribution in [2.45, 2.75) is 31.6 Å². The Morgan fingerprint density at radius 2 is 1.58 bits per heavy atom. The SMILES string of the molecule is CC1CC(C)CN(S(=O)(=O)c2ccc(F)c(C(=O)N3CC(=O)N(CCc4ccccc4)C(=O)C3)c2)C1. The zero-order valence-corrected chi connectivity index (χ0v) is 21.2. The fourth-order valence-corrected chi connectivity index (χ4v) is 6.63. The van der Waals surface area contributed by atoms with Crippen LogP contribution in [0, 0.1) is 17.7 Å². The lowest BCUT2D eigenvalue weighted by Gasteiger charge is -2.34. The standard InChI is InChI=1S/C26H30FN3O5S/c1-18-12-19(2)15-29(14-18)36(34,35)21-8-9-23(27)22(13-21)26(33)28-16-24(31)30(25(32)17-28)11-10-20-6-4-3-5-7-20/h3-9,13,18-19H,10-12,14-17H2,1-2H3. The summed E-state index contributed by atoms with van der Waals surface area (Å²) in [5.74, 6) is -2.56. The van der Waals surface area contributed by atoms with Crippen molar-refractivity contribution >= 4 is 27.7 Å². The van der Waals surface area contributed by atoms with Crippen molar-refractivity contribution in [1.29, 1.82) is 0 Å². The molecule has 0 aliphatic carbocycles. The zero-order chi connectivity index (χ0) is 26.0. The van der Waals surface area contributed by atoms with Gasteiger partial charge in [-0.25, -0.2) is 12.8 Å². The molecule has 2 aliphatic rings. The van der Waals surface area contributed by atoms with E-state index in [9.17, 15) is 27.2 Å². The van der Waals surface area contributed by atoms with E-state index in [-0.39, 0.29) is 23.3 Å². The molecule has 0 aromatic heterocycles. The van der Waals surface area contributed by atoms with Gasteiger partial charge in [0.25, 0.3) is 5.91 Å². The van der Waals surface area contributed by atoms with E-state index in [0.29, 0.717) is 19.5 Å². The molecule has 2 unspecified atom stereocenters. The number of amides is 3. The highest BCUT2D eigenvalue weighted by atomic mass is 32.2. The van der Waals surface area contributed by atoms with Crippen molar-refractivity contribution in [1.82, 2.24) is 14.1 Å². The van der Waals surface area contributed by atoms with Crippen molar-refractivity contribution in [2.75, 3.05) is 32.7 Å². The predicted octanol–water partition coefficient (Wildman–Crippen LogP) is 2.55. The van der Waals surface area contributed by atoms with Crippen LogP contribution in [0.15, 0.2) is 53.4 Å². The summed E-state index contributed by atoms with van der Waals surface area (Å²) in [4.78, 5) is 40.3. The van der Waals surface area contributed by atoms with E-state index in [1.807, 2.05) is 44.2 Å². The lowest BCUT2D eigenvalue weighted by Crippen LogP contribution is -2.56. The number of benzene rings is 2. The molecule has 0 spiro atoms. The average molecular weight is 516 g/mol. The number of halogens is 1. The molecule has 2 aliphatic heterocycles. The molecule has 2 fully saturated rings. The molecule has 4 rings (SSSR count). The van der Waals surface area contributed by atoms with Crippen LogP contribution >= 0.6 is 0 Å². The van der Waals surface area contributed by atoms with Gasteiger partial charge in [-0.3, -0.25) is 19.3 Å². The Morgan fingerprint density at radius 1 is 0.972 bits per heavy atom. The lowest BCUT2D eigenvalue weighted by molar-refractivity contribution is -0.150. The quantitative estimate of drug-likeness (QED) is 0.551. The van der Waals surface area contributed by atoms with Crippen molar-refractivity contribution < 1.29 is 27.2 Å². The average Bonchev–Trinajstić information content (AvgIpc) is 2.83. The van der Waals surface area contributed by atoms with Crippen LogP contribution in [-0.4, -0.2) is 73.0 Å². The highest BCUT2D eigenvalue weighted by molar-refractivity contribution is 7.89. The highest BCUT2D eigenvalue weighted by Crippen LogP contribution is 2.28. The van der Waals surface area contributed by atoms with Gasteiger partial charge in [-0.1, -0.05) is 44.2 Å². The maximum absolute atomic E-state index is 14.7. The molecule has 8 nitrogen and oxygen atoms in total. The van der Waals surface area contributed by atoms with Crippen LogP contribution in [0.4, 0.5) is 4.39 Å². The van der Waals surface area contributed by atoms with Crippen LogP contribution in [-0.2, 0) is 26.0 Å². The third-order valence-corrected chi connectivity index (χ3v) is 8.48. The second-order valence-electron chi connectivity index (χ2n) is 9.75. The summed E-state index contributed by atoms with van der Waals surface area (Å²) in [7, 11) is -3.94. The van der Waals surface area contributed by atoms with Crippen LogP contribution in [0.2, 0.25) is 0 Å². The molecule has 2 saturated heterocycles. The summed E-state index contributed by atoms with van der Waals surface area (Å²) < 4.78 is 42.5. The van der Waals surface area contributed by atoms with Gasteiger partial charge in [-0.2, -0.15) is 4.31 Å². The Kier molecular flexibility index (Phi) is 7.56. The predicted molar refractivity (Wildman–Crippen MR) is 131 cm³/mol. The normalized spacial score (nSPS) is 21.6. The molecule has 0 N–H and O–H groups in total. The molecule has 0 radical (unpaired) electrons. The summed E-state index contributed by atoms with van der Waals surface area (Å²) in [6.45, 7) is 4.05. The van der Waals surface area contributed by atoms with Gasteiger partial charge in [-0.15, -0.1) is 0 Å². The van der Waals surface area contributed by atoms with Gasteiger partial charge in [0.2, 0.25) is 21.8 Å². The van der Waals surface area contributed by atoms with Crippen LogP contribution < -0.4 is 0 Å². The van der Waals surface area contributed by atoms with Gasteiger partial charge < -0.3 is 4.90 Å². The van der Waals surface area contributed by atoms with Crippen LogP contribution in [0.25, 0.3) is 0 Å². The van der Waals surface area contributed by atoms with Gasteiger partial charge >= 0.3 is 0 Å². The van der Waals surface area contributed by atoms with Crippen molar-refractivity contribution in [3.8, 4) is 0 Å². The number of piperazine rings is 1. The number of rotatable bonds is 6. The van der Waals surface area contributed by atoms with E-state index in [1.165, 1.54) is 4.31 Å². The van der Waals surface area contributed by atoms with Gasteiger partial charge in [0.15, 0.2) is 0 Å². The first-order chi connectivity index (χ1) is 17.1. The number of hydrogen-bond acceptors (Lipinski definition) is 5. The third-order valence-electron chi connectivity index (χ3n) is 6.65. The summed E-state index contributed by atoms with van der Waals surface area (Å²) >= 11 is 0. The number of imide groups is 1. The maximum Gasteiger partial charge on any atom is 0.257 e. The van der Waals surface area contributed by atoms with Crippen molar-refractivity contribution in [3.63, 3.8) is 0 Å². The van der Waals surface area contributed by atoms with Crippen LogP contribution in [0.1, 0.15) is 36.2 Å². The smallest absolute Gasteiger partial charge is 0.257 e. The van der Waals surface area contributed by atoms with Gasteiger partial charge in [0.05, 0.1) is 10.5 Å². The first kappa shape index (κ1) is 26.0. The number of carbonyl (C=O) groups excluding carboxylic acids is 3. The Bertz CT molecular complexity index is 1240. The molecular weight excluding hydrogens is 485 g/mol. The largest absolute Gasteiger partial charge is 0.320 e. The third kappa shape index (κ3) is 5.49. The molecule has 2 atom stereocenters. The second-order valence-corrected chi connectivity index (χ2v) is 11.7. The molecule has 0 bridgehead atoms. The fraction of sp³-hybridized carbons (Fsp3) is 0.423. The van der Waals surface area contributed by atoms with Crippen molar-refractivity contribution in [2.24, 2.45) is 11.8 Å². The molecule has 2 aromatic rings. The summed E-state index contributed by atoms with van der Waals surface area (Å²) in [6.07, 6.45) is 1.40. The number of hydrogen-bond donors (Lipinski definition) is 0. The number of carbonyl (C=O) groups is 3. The van der Waals surface area contributed by atoms with E-state index < -0.39 is 52.2 Å². The molecule has 3 amide bonds. The monoisotopic (exact) mass is 515 g/mol. The molecule has 2 aromatic carbocycles. The van der Waals surface area contributed by atoms with Crippen molar-refractivity contribution in [3.05, 3.63) is 65.5 Å². The maximum atomic E-state index is 14.7. The van der Waals surface area contributed by atoms with Gasteiger partial charge in [0, 0.05) is 19.6 Å². The molecule has 36 heavy (non-hydrogen) atoms. The second kappa shape index (κ2) is 10.5. The minimum absolute atomic E-state index is 0.179. The summed E-state index contributed by atoms with van der Waals surface area (Å²) in [5.41, 5.74) is 0.488. The number of nitrogens with zero attached hydrogens (tertiary/aromatic N) is 3. The van der Waals surface area contributed by atoms with E-state index in [2.05, 4.69) is 0 Å². The highest BCUT2D eigenvalue weighted by Gasteiger charge is 2.36. The van der Waals surface area contributed by atoms with E-state index >= 15 is 0 Å². The Labute approximate surface area is 210 Å². The van der Waals surface area contributed by atoms with Crippen LogP contribution in [0.3, 0.4) is 0 Å². The van der Waals surface area contributed by atoms with Crippen LogP contribution in [0.5, 0.6) is 0 Å². The first-order valence-electron chi connectivity index (χ1n) is 12.0. The Hall–Kier alpha value is -3.11. The first-order valence-corrected chi connectivity index (χ1v) is 13.5. The van der Waals surface area contributed by atoms with E-state index in [1.54, 1.807) is 0 Å². The molecule has 2 heterocycles. The van der Waals surface area contributed by atoms with Gasteiger partial charge in [-0.05, 0) is 48.4 Å². The van der Waals surface area contributed by atoms with Gasteiger partial charge in [0.1, 0.15) is 18.9 Å². The summed E-state index contributed by atoms with van der Waals surface area (Å²) in [5, 5.41) is 0. The summed E-state index contributed by atoms with van der Waals surface area (Å²) in [6, 6.07) is 12.5. The van der Waals surface area contributed by atoms with E-state index in [4.69, 9.17) is 0 Å². The fourth-order valence-electron chi connectivity index (χ4n) is 4.92. The zero-order valence-electron chi connectivity index (χ0n) is 20.4. The Morgan fingerprint density at radius 3 is 2.19 bits per heavy atom. The Balaban J connectivity index is 1.49. The lowest BCUT2D eigenvalue weighted by atomic mass is 9.94. The molecular formula is C26H30FN3O5S. The minimum Gasteiger partial charge on any atom is -0.320 e. The molecule has 10 heteroatoms. The number of sulfonamides is 1. The topological polar surface area (TPSA) is 95.1 Å². The molecule has 0 saturated carbocycles. The van der Waals surface area contributed by atoms with E-state index in [0.717, 1.165) is 40.0 Å². The number of piperidine rings is 1.